The molecule has 0 bridgehead atoms. The third-order valence-corrected chi connectivity index (χ3v) is 3.96. The minimum atomic E-state index is -0.261. The Morgan fingerprint density at radius 1 is 0.958 bits per heavy atom. The lowest BCUT2D eigenvalue weighted by Crippen LogP contribution is -2.08. The summed E-state index contributed by atoms with van der Waals surface area (Å²) in [5, 5.41) is 9.03. The summed E-state index contributed by atoms with van der Waals surface area (Å²) in [6.07, 6.45) is 1.75. The Bertz CT molecular complexity index is 1040. The third kappa shape index (κ3) is 2.27. The lowest BCUT2D eigenvalue weighted by Gasteiger charge is -2.08. The van der Waals surface area contributed by atoms with Crippen LogP contribution in [0, 0.1) is 26.6 Å². The van der Waals surface area contributed by atoms with Crippen LogP contribution in [-0.2, 0) is 0 Å². The van der Waals surface area contributed by atoms with Crippen LogP contribution in [0.2, 0.25) is 0 Å². The molecule has 0 aliphatic heterocycles. The fraction of sp³-hybridized carbons (Fsp3) is 0.167. The normalized spacial score (nSPS) is 11.3. The summed E-state index contributed by atoms with van der Waals surface area (Å²) in [6, 6.07) is 10.3. The number of hydrogen-bond donors (Lipinski definition) is 0. The largest absolute Gasteiger partial charge is 0.233 e. The average Bonchev–Trinajstić information content (AvgIpc) is 3.10. The fourth-order valence-electron chi connectivity index (χ4n) is 2.91. The number of hydrogen-bond acceptors (Lipinski definition) is 3. The van der Waals surface area contributed by atoms with E-state index in [2.05, 4.69) is 15.2 Å². The number of fused-ring (bicyclic) bond motifs is 1. The van der Waals surface area contributed by atoms with Crippen molar-refractivity contribution in [2.24, 2.45) is 0 Å². The monoisotopic (exact) mass is 321 g/mol. The summed E-state index contributed by atoms with van der Waals surface area (Å²) < 4.78 is 16.8. The van der Waals surface area contributed by atoms with Crippen molar-refractivity contribution in [2.75, 3.05) is 0 Å². The minimum Gasteiger partial charge on any atom is -0.233 e. The van der Waals surface area contributed by atoms with Crippen molar-refractivity contribution in [3.05, 3.63) is 65.5 Å². The molecule has 0 aliphatic rings. The molecule has 0 saturated heterocycles. The van der Waals surface area contributed by atoms with Gasteiger partial charge in [-0.05, 0) is 44.5 Å². The average molecular weight is 321 g/mol. The van der Waals surface area contributed by atoms with Gasteiger partial charge in [0, 0.05) is 23.0 Å². The summed E-state index contributed by atoms with van der Waals surface area (Å²) in [5.74, 6) is 0.569. The van der Waals surface area contributed by atoms with Gasteiger partial charge in [-0.15, -0.1) is 0 Å². The Morgan fingerprint density at radius 3 is 2.38 bits per heavy atom. The van der Waals surface area contributed by atoms with Crippen molar-refractivity contribution >= 4 is 5.65 Å². The van der Waals surface area contributed by atoms with Crippen molar-refractivity contribution in [1.82, 2.24) is 24.4 Å². The predicted octanol–water partition coefficient (Wildman–Crippen LogP) is 3.65. The van der Waals surface area contributed by atoms with Gasteiger partial charge in [0.2, 0.25) is 0 Å². The molecule has 5 nitrogen and oxygen atoms in total. The molecular formula is C18H16FN5. The van der Waals surface area contributed by atoms with Gasteiger partial charge < -0.3 is 0 Å². The van der Waals surface area contributed by atoms with E-state index in [1.807, 2.05) is 37.6 Å². The van der Waals surface area contributed by atoms with E-state index in [-0.39, 0.29) is 5.82 Å². The van der Waals surface area contributed by atoms with Crippen LogP contribution in [0.25, 0.3) is 22.6 Å². The van der Waals surface area contributed by atoms with E-state index in [1.54, 1.807) is 22.8 Å². The van der Waals surface area contributed by atoms with E-state index >= 15 is 0 Å². The minimum absolute atomic E-state index is 0.261. The highest BCUT2D eigenvalue weighted by Crippen LogP contribution is 2.26. The van der Waals surface area contributed by atoms with Crippen LogP contribution in [0.15, 0.2) is 42.6 Å². The highest BCUT2D eigenvalue weighted by molar-refractivity contribution is 5.77. The molecule has 120 valence electrons. The van der Waals surface area contributed by atoms with Crippen LogP contribution in [0.4, 0.5) is 4.39 Å². The number of rotatable bonds is 2. The lowest BCUT2D eigenvalue weighted by molar-refractivity contribution is 0.628. The summed E-state index contributed by atoms with van der Waals surface area (Å²) in [5.41, 5.74) is 5.31. The summed E-state index contributed by atoms with van der Waals surface area (Å²) >= 11 is 0. The van der Waals surface area contributed by atoms with Crippen molar-refractivity contribution in [3.8, 4) is 16.9 Å². The van der Waals surface area contributed by atoms with Crippen LogP contribution in [-0.4, -0.2) is 24.4 Å². The second-order valence-corrected chi connectivity index (χ2v) is 5.90. The first-order valence-corrected chi connectivity index (χ1v) is 7.68. The number of halogens is 1. The van der Waals surface area contributed by atoms with Crippen molar-refractivity contribution in [2.45, 2.75) is 20.8 Å². The van der Waals surface area contributed by atoms with Crippen LogP contribution in [0.5, 0.6) is 0 Å². The molecule has 0 saturated carbocycles. The Hall–Kier alpha value is -3.02. The van der Waals surface area contributed by atoms with E-state index in [1.165, 1.54) is 12.1 Å². The molecule has 4 rings (SSSR count). The van der Waals surface area contributed by atoms with Crippen LogP contribution in [0.3, 0.4) is 0 Å². The summed E-state index contributed by atoms with van der Waals surface area (Å²) in [7, 11) is 0. The van der Waals surface area contributed by atoms with Crippen molar-refractivity contribution < 1.29 is 4.39 Å². The molecule has 0 radical (unpaired) electrons. The summed E-state index contributed by atoms with van der Waals surface area (Å²) in [6.45, 7) is 5.91. The third-order valence-electron chi connectivity index (χ3n) is 3.96. The van der Waals surface area contributed by atoms with Gasteiger partial charge in [0.25, 0.3) is 0 Å². The van der Waals surface area contributed by atoms with E-state index < -0.39 is 0 Å². The van der Waals surface area contributed by atoms with Gasteiger partial charge in [0.1, 0.15) is 5.82 Å². The second kappa shape index (κ2) is 5.26. The van der Waals surface area contributed by atoms with Gasteiger partial charge in [0.15, 0.2) is 11.5 Å². The Kier molecular flexibility index (Phi) is 3.19. The SMILES string of the molecule is Cc1cc(-n2nc(C)cc2C)n2ncc(-c3ccc(F)cc3)c2n1. The van der Waals surface area contributed by atoms with E-state index in [0.717, 1.165) is 39.7 Å². The number of aryl methyl sites for hydroxylation is 3. The van der Waals surface area contributed by atoms with Crippen molar-refractivity contribution in [1.29, 1.82) is 0 Å². The molecule has 3 heterocycles. The predicted molar refractivity (Wildman–Crippen MR) is 89.7 cm³/mol. The Balaban J connectivity index is 1.98. The number of aromatic nitrogens is 5. The smallest absolute Gasteiger partial charge is 0.165 e. The van der Waals surface area contributed by atoms with E-state index in [4.69, 9.17) is 0 Å². The Morgan fingerprint density at radius 2 is 1.71 bits per heavy atom. The van der Waals surface area contributed by atoms with Gasteiger partial charge >= 0.3 is 0 Å². The fourth-order valence-corrected chi connectivity index (χ4v) is 2.91. The number of nitrogens with zero attached hydrogens (tertiary/aromatic N) is 5. The molecule has 0 spiro atoms. The molecular weight excluding hydrogens is 305 g/mol. The van der Waals surface area contributed by atoms with Crippen LogP contribution >= 0.6 is 0 Å². The molecule has 24 heavy (non-hydrogen) atoms. The maximum Gasteiger partial charge on any atom is 0.165 e. The molecule has 0 fully saturated rings. The molecule has 0 atom stereocenters. The zero-order valence-electron chi connectivity index (χ0n) is 13.7. The molecule has 0 unspecified atom stereocenters. The summed E-state index contributed by atoms with van der Waals surface area (Å²) in [4.78, 5) is 4.62. The highest BCUT2D eigenvalue weighted by Gasteiger charge is 2.15. The highest BCUT2D eigenvalue weighted by atomic mass is 19.1. The number of benzene rings is 1. The van der Waals surface area contributed by atoms with Gasteiger partial charge in [-0.3, -0.25) is 0 Å². The lowest BCUT2D eigenvalue weighted by atomic mass is 10.1. The van der Waals surface area contributed by atoms with Gasteiger partial charge in [-0.1, -0.05) is 12.1 Å². The van der Waals surface area contributed by atoms with Gasteiger partial charge in [-0.2, -0.15) is 14.7 Å². The van der Waals surface area contributed by atoms with Gasteiger partial charge in [0.05, 0.1) is 11.9 Å². The second-order valence-electron chi connectivity index (χ2n) is 5.90. The standard InChI is InChI=1S/C18H16FN5/c1-11-9-17(23-13(3)8-12(2)22-23)24-18(21-11)16(10-20-24)14-4-6-15(19)7-5-14/h4-10H,1-3H3. The zero-order chi connectivity index (χ0) is 16.8. The first kappa shape index (κ1) is 14.6. The molecule has 4 aromatic rings. The molecule has 0 aliphatic carbocycles. The molecule has 3 aromatic heterocycles. The first-order valence-electron chi connectivity index (χ1n) is 7.68. The maximum atomic E-state index is 13.2. The van der Waals surface area contributed by atoms with Crippen LogP contribution in [0.1, 0.15) is 17.1 Å². The quantitative estimate of drug-likeness (QED) is 0.566. The Labute approximate surface area is 138 Å². The van der Waals surface area contributed by atoms with Crippen molar-refractivity contribution in [3.63, 3.8) is 0 Å². The van der Waals surface area contributed by atoms with E-state index in [0.29, 0.717) is 0 Å². The van der Waals surface area contributed by atoms with Gasteiger partial charge in [-0.25, -0.2) is 14.1 Å². The topological polar surface area (TPSA) is 48.0 Å². The zero-order valence-corrected chi connectivity index (χ0v) is 13.7. The molecule has 0 amide bonds. The van der Waals surface area contributed by atoms with Crippen LogP contribution < -0.4 is 0 Å². The maximum absolute atomic E-state index is 13.2. The first-order chi connectivity index (χ1) is 11.5. The van der Waals surface area contributed by atoms with E-state index in [9.17, 15) is 4.39 Å². The molecule has 0 N–H and O–H groups in total. The molecule has 6 heteroatoms. The molecule has 1 aromatic carbocycles.